The summed E-state index contributed by atoms with van der Waals surface area (Å²) in [5.74, 6) is -0.736. The van der Waals surface area contributed by atoms with Gasteiger partial charge in [-0.1, -0.05) is 46.0 Å². The van der Waals surface area contributed by atoms with Crippen LogP contribution in [0.4, 0.5) is 0 Å². The predicted octanol–water partition coefficient (Wildman–Crippen LogP) is 3.88. The predicted molar refractivity (Wildman–Crippen MR) is 62.0 cm³/mol. The van der Waals surface area contributed by atoms with Crippen molar-refractivity contribution < 1.29 is 9.90 Å². The minimum absolute atomic E-state index is 0. The Labute approximate surface area is 93.5 Å². The molecule has 0 amide bonds. The van der Waals surface area contributed by atoms with Crippen molar-refractivity contribution in [3.63, 3.8) is 0 Å². The van der Waals surface area contributed by atoms with Crippen LogP contribution < -0.4 is 0 Å². The van der Waals surface area contributed by atoms with Gasteiger partial charge in [0.25, 0.3) is 0 Å². The Morgan fingerprint density at radius 3 is 2.14 bits per heavy atom. The molecule has 1 unspecified atom stereocenters. The Morgan fingerprint density at radius 2 is 1.71 bits per heavy atom. The number of halogens is 1. The third-order valence-corrected chi connectivity index (χ3v) is 2.50. The van der Waals surface area contributed by atoms with E-state index in [-0.39, 0.29) is 18.3 Å². The molecule has 0 aromatic carbocycles. The summed E-state index contributed by atoms with van der Waals surface area (Å²) in [5, 5.41) is 8.78. The molecule has 0 aliphatic carbocycles. The van der Waals surface area contributed by atoms with Gasteiger partial charge in [0.2, 0.25) is 0 Å². The topological polar surface area (TPSA) is 37.3 Å². The fourth-order valence-corrected chi connectivity index (χ4v) is 1.50. The smallest absolute Gasteiger partial charge is 0.306 e. The van der Waals surface area contributed by atoms with Gasteiger partial charge < -0.3 is 5.11 Å². The molecule has 0 fully saturated rings. The molecule has 0 heterocycles. The molecule has 0 aromatic heterocycles. The molecule has 86 valence electrons. The second-order valence-electron chi connectivity index (χ2n) is 3.65. The van der Waals surface area contributed by atoms with Gasteiger partial charge in [0.1, 0.15) is 0 Å². The second-order valence-corrected chi connectivity index (χ2v) is 3.65. The molecule has 0 saturated heterocycles. The first-order chi connectivity index (χ1) is 6.22. The first-order valence-electron chi connectivity index (χ1n) is 5.45. The number of hydrogen-bond donors (Lipinski definition) is 1. The maximum absolute atomic E-state index is 10.7. The van der Waals surface area contributed by atoms with Crippen molar-refractivity contribution >= 4 is 18.4 Å². The van der Waals surface area contributed by atoms with Crippen LogP contribution in [0, 0.1) is 5.92 Å². The van der Waals surface area contributed by atoms with E-state index in [0.717, 1.165) is 19.3 Å². The Hall–Kier alpha value is -0.240. The highest BCUT2D eigenvalue weighted by Gasteiger charge is 2.13. The molecule has 3 heteroatoms. The van der Waals surface area contributed by atoms with E-state index in [2.05, 4.69) is 6.92 Å². The van der Waals surface area contributed by atoms with Gasteiger partial charge in [-0.25, -0.2) is 0 Å². The van der Waals surface area contributed by atoms with E-state index in [0.29, 0.717) is 0 Å². The number of carboxylic acids is 1. The van der Waals surface area contributed by atoms with Gasteiger partial charge in [-0.15, -0.1) is 12.4 Å². The van der Waals surface area contributed by atoms with Crippen molar-refractivity contribution in [1.82, 2.24) is 0 Å². The molecule has 0 aliphatic rings. The van der Waals surface area contributed by atoms with E-state index in [9.17, 15) is 4.79 Å². The SMILES string of the molecule is CCCCCCCC(CC)C(=O)O.Cl. The summed E-state index contributed by atoms with van der Waals surface area (Å²) < 4.78 is 0. The van der Waals surface area contributed by atoms with Gasteiger partial charge >= 0.3 is 5.97 Å². The second kappa shape index (κ2) is 10.8. The van der Waals surface area contributed by atoms with Crippen LogP contribution in [0.3, 0.4) is 0 Å². The minimum atomic E-state index is -0.627. The van der Waals surface area contributed by atoms with Crippen molar-refractivity contribution in [3.05, 3.63) is 0 Å². The monoisotopic (exact) mass is 222 g/mol. The first-order valence-corrected chi connectivity index (χ1v) is 5.45. The van der Waals surface area contributed by atoms with E-state index in [1.165, 1.54) is 25.7 Å². The van der Waals surface area contributed by atoms with Crippen LogP contribution in [0.2, 0.25) is 0 Å². The lowest BCUT2D eigenvalue weighted by Gasteiger charge is -2.08. The lowest BCUT2D eigenvalue weighted by Crippen LogP contribution is -2.12. The highest BCUT2D eigenvalue weighted by atomic mass is 35.5. The van der Waals surface area contributed by atoms with Crippen LogP contribution in [-0.4, -0.2) is 11.1 Å². The average Bonchev–Trinajstić information content (AvgIpc) is 2.10. The molecule has 0 aromatic rings. The van der Waals surface area contributed by atoms with Crippen LogP contribution in [0.15, 0.2) is 0 Å². The molecule has 14 heavy (non-hydrogen) atoms. The van der Waals surface area contributed by atoms with Crippen molar-refractivity contribution in [1.29, 1.82) is 0 Å². The molecular formula is C11H23ClO2. The molecule has 0 rings (SSSR count). The van der Waals surface area contributed by atoms with Gasteiger partial charge in [-0.2, -0.15) is 0 Å². The van der Waals surface area contributed by atoms with Gasteiger partial charge in [-0.05, 0) is 12.8 Å². The van der Waals surface area contributed by atoms with Crippen LogP contribution in [0.25, 0.3) is 0 Å². The first kappa shape index (κ1) is 16.2. The quantitative estimate of drug-likeness (QED) is 0.633. The molecule has 0 bridgehead atoms. The molecule has 0 radical (unpaired) electrons. The summed E-state index contributed by atoms with van der Waals surface area (Å²) in [6.07, 6.45) is 7.67. The lowest BCUT2D eigenvalue weighted by molar-refractivity contribution is -0.142. The Morgan fingerprint density at radius 1 is 1.14 bits per heavy atom. The third kappa shape index (κ3) is 8.36. The van der Waals surface area contributed by atoms with Crippen molar-refractivity contribution in [2.75, 3.05) is 0 Å². The van der Waals surface area contributed by atoms with Gasteiger partial charge in [0.15, 0.2) is 0 Å². The van der Waals surface area contributed by atoms with Crippen LogP contribution in [-0.2, 0) is 4.79 Å². The van der Waals surface area contributed by atoms with Gasteiger partial charge in [-0.3, -0.25) is 4.79 Å². The number of carboxylic acid groups (broad SMARTS) is 1. The fraction of sp³-hybridized carbons (Fsp3) is 0.909. The van der Waals surface area contributed by atoms with E-state index >= 15 is 0 Å². The highest BCUT2D eigenvalue weighted by Crippen LogP contribution is 2.14. The fourth-order valence-electron chi connectivity index (χ4n) is 1.50. The molecule has 0 aliphatic heterocycles. The maximum Gasteiger partial charge on any atom is 0.306 e. The summed E-state index contributed by atoms with van der Waals surface area (Å²) in [4.78, 5) is 10.7. The largest absolute Gasteiger partial charge is 0.481 e. The molecule has 0 saturated carbocycles. The van der Waals surface area contributed by atoms with Gasteiger partial charge in [0, 0.05) is 0 Å². The third-order valence-electron chi connectivity index (χ3n) is 2.50. The minimum Gasteiger partial charge on any atom is -0.481 e. The molecular weight excluding hydrogens is 200 g/mol. The number of rotatable bonds is 8. The molecule has 1 N–H and O–H groups in total. The van der Waals surface area contributed by atoms with Crippen LogP contribution in [0.1, 0.15) is 58.8 Å². The maximum atomic E-state index is 10.7. The van der Waals surface area contributed by atoms with Crippen LogP contribution >= 0.6 is 12.4 Å². The number of unbranched alkanes of at least 4 members (excludes halogenated alkanes) is 4. The highest BCUT2D eigenvalue weighted by molar-refractivity contribution is 5.85. The Bertz CT molecular complexity index is 137. The Balaban J connectivity index is 0. The van der Waals surface area contributed by atoms with E-state index in [1.54, 1.807) is 0 Å². The molecule has 0 spiro atoms. The standard InChI is InChI=1S/C11H22O2.ClH/c1-3-5-6-7-8-9-10(4-2)11(12)13;/h10H,3-9H2,1-2H3,(H,12,13);1H. The summed E-state index contributed by atoms with van der Waals surface area (Å²) in [6, 6.07) is 0. The van der Waals surface area contributed by atoms with E-state index < -0.39 is 5.97 Å². The zero-order chi connectivity index (χ0) is 10.1. The molecule has 1 atom stereocenters. The van der Waals surface area contributed by atoms with E-state index in [1.807, 2.05) is 6.92 Å². The van der Waals surface area contributed by atoms with Gasteiger partial charge in [0.05, 0.1) is 5.92 Å². The van der Waals surface area contributed by atoms with E-state index in [4.69, 9.17) is 5.11 Å². The zero-order valence-corrected chi connectivity index (χ0v) is 10.1. The summed E-state index contributed by atoms with van der Waals surface area (Å²) in [5.41, 5.74) is 0. The summed E-state index contributed by atoms with van der Waals surface area (Å²) >= 11 is 0. The van der Waals surface area contributed by atoms with Crippen LogP contribution in [0.5, 0.6) is 0 Å². The average molecular weight is 223 g/mol. The Kier molecular flexibility index (Phi) is 12.5. The zero-order valence-electron chi connectivity index (χ0n) is 9.29. The summed E-state index contributed by atoms with van der Waals surface area (Å²) in [6.45, 7) is 4.14. The number of hydrogen-bond acceptors (Lipinski definition) is 1. The molecule has 2 nitrogen and oxygen atoms in total. The number of carbonyl (C=O) groups is 1. The normalized spacial score (nSPS) is 11.9. The van der Waals surface area contributed by atoms with Crippen molar-refractivity contribution in [2.45, 2.75) is 58.8 Å². The summed E-state index contributed by atoms with van der Waals surface area (Å²) in [7, 11) is 0. The number of aliphatic carboxylic acids is 1. The van der Waals surface area contributed by atoms with Crippen molar-refractivity contribution in [2.24, 2.45) is 5.92 Å². The van der Waals surface area contributed by atoms with Crippen molar-refractivity contribution in [3.8, 4) is 0 Å². The lowest BCUT2D eigenvalue weighted by atomic mass is 9.98.